The quantitative estimate of drug-likeness (QED) is 0.714. The van der Waals surface area contributed by atoms with Crippen molar-refractivity contribution in [2.24, 2.45) is 5.92 Å². The van der Waals surface area contributed by atoms with Gasteiger partial charge in [0.15, 0.2) is 0 Å². The zero-order valence-corrected chi connectivity index (χ0v) is 15.7. The van der Waals surface area contributed by atoms with Crippen LogP contribution in [0.3, 0.4) is 0 Å². The van der Waals surface area contributed by atoms with E-state index in [4.69, 9.17) is 11.6 Å². The Morgan fingerprint density at radius 1 is 1.04 bits per heavy atom. The Morgan fingerprint density at radius 2 is 1.78 bits per heavy atom. The number of benzene rings is 2. The molecule has 1 unspecified atom stereocenters. The van der Waals surface area contributed by atoms with Gasteiger partial charge in [0, 0.05) is 36.0 Å². The van der Waals surface area contributed by atoms with Crippen molar-refractivity contribution < 1.29 is 9.59 Å². The van der Waals surface area contributed by atoms with Gasteiger partial charge in [0.25, 0.3) is 0 Å². The standard InChI is InChI=1S/C20H23ClN4O2/c21-16-6-8-17(9-7-16)24-19(26)13-23-20(27)22-12-15-10-11-25(14-15)18-4-2-1-3-5-18/h1-9,15H,10-14H2,(H,24,26)(H2,22,23,27). The number of rotatable bonds is 6. The fraction of sp³-hybridized carbons (Fsp3) is 0.300. The van der Waals surface area contributed by atoms with Crippen molar-refractivity contribution in [2.45, 2.75) is 6.42 Å². The van der Waals surface area contributed by atoms with Crippen LogP contribution in [0.25, 0.3) is 0 Å². The second kappa shape index (κ2) is 9.28. The van der Waals surface area contributed by atoms with Crippen LogP contribution in [0.5, 0.6) is 0 Å². The highest BCUT2D eigenvalue weighted by Crippen LogP contribution is 2.22. The van der Waals surface area contributed by atoms with E-state index in [-0.39, 0.29) is 18.5 Å². The predicted molar refractivity (Wildman–Crippen MR) is 108 cm³/mol. The largest absolute Gasteiger partial charge is 0.371 e. The molecule has 1 fully saturated rings. The number of carbonyl (C=O) groups excluding carboxylic acids is 2. The molecule has 142 valence electrons. The molecule has 3 rings (SSSR count). The first-order valence-corrected chi connectivity index (χ1v) is 9.35. The number of carbonyl (C=O) groups is 2. The van der Waals surface area contributed by atoms with Crippen LogP contribution in [0, 0.1) is 5.92 Å². The van der Waals surface area contributed by atoms with E-state index in [1.54, 1.807) is 24.3 Å². The van der Waals surface area contributed by atoms with Gasteiger partial charge in [-0.05, 0) is 48.7 Å². The van der Waals surface area contributed by atoms with Gasteiger partial charge in [-0.1, -0.05) is 29.8 Å². The Labute approximate surface area is 163 Å². The maximum Gasteiger partial charge on any atom is 0.315 e. The molecule has 0 saturated carbocycles. The summed E-state index contributed by atoms with van der Waals surface area (Å²) in [4.78, 5) is 26.1. The lowest BCUT2D eigenvalue weighted by Crippen LogP contribution is -2.42. The molecule has 1 aliphatic rings. The predicted octanol–water partition coefficient (Wildman–Crippen LogP) is 3.10. The van der Waals surface area contributed by atoms with Gasteiger partial charge in [0.05, 0.1) is 6.54 Å². The highest BCUT2D eigenvalue weighted by Gasteiger charge is 2.22. The summed E-state index contributed by atoms with van der Waals surface area (Å²) in [6, 6.07) is 16.7. The molecule has 0 aliphatic carbocycles. The molecular formula is C20H23ClN4O2. The van der Waals surface area contributed by atoms with Gasteiger partial charge in [-0.25, -0.2) is 4.79 Å². The van der Waals surface area contributed by atoms with Crippen LogP contribution in [0.2, 0.25) is 5.02 Å². The molecule has 0 spiro atoms. The Balaban J connectivity index is 1.34. The van der Waals surface area contributed by atoms with Gasteiger partial charge in [-0.15, -0.1) is 0 Å². The number of para-hydroxylation sites is 1. The number of nitrogens with zero attached hydrogens (tertiary/aromatic N) is 1. The molecule has 1 heterocycles. The van der Waals surface area contributed by atoms with E-state index in [9.17, 15) is 9.59 Å². The number of anilines is 2. The maximum atomic E-state index is 11.9. The molecule has 3 amide bonds. The lowest BCUT2D eigenvalue weighted by molar-refractivity contribution is -0.115. The third-order valence-electron chi connectivity index (χ3n) is 4.50. The van der Waals surface area contributed by atoms with Crippen molar-refractivity contribution in [3.05, 3.63) is 59.6 Å². The Bertz CT molecular complexity index is 767. The number of nitrogens with one attached hydrogen (secondary N) is 3. The van der Waals surface area contributed by atoms with E-state index in [1.165, 1.54) is 5.69 Å². The summed E-state index contributed by atoms with van der Waals surface area (Å²) in [5, 5.41) is 8.73. The molecule has 0 aromatic heterocycles. The van der Waals surface area contributed by atoms with Crippen LogP contribution in [-0.2, 0) is 4.79 Å². The molecule has 2 aromatic rings. The van der Waals surface area contributed by atoms with Gasteiger partial charge in [-0.2, -0.15) is 0 Å². The van der Waals surface area contributed by atoms with E-state index in [1.807, 2.05) is 18.2 Å². The second-order valence-electron chi connectivity index (χ2n) is 6.55. The Kier molecular flexibility index (Phi) is 6.54. The maximum absolute atomic E-state index is 11.9. The molecule has 27 heavy (non-hydrogen) atoms. The van der Waals surface area contributed by atoms with E-state index >= 15 is 0 Å². The average molecular weight is 387 g/mol. The zero-order chi connectivity index (χ0) is 19.1. The van der Waals surface area contributed by atoms with Crippen molar-refractivity contribution >= 4 is 34.9 Å². The van der Waals surface area contributed by atoms with Crippen molar-refractivity contribution in [1.29, 1.82) is 0 Å². The van der Waals surface area contributed by atoms with Crippen molar-refractivity contribution in [2.75, 3.05) is 36.4 Å². The third-order valence-corrected chi connectivity index (χ3v) is 4.75. The topological polar surface area (TPSA) is 73.5 Å². The monoisotopic (exact) mass is 386 g/mol. The summed E-state index contributed by atoms with van der Waals surface area (Å²) in [7, 11) is 0. The summed E-state index contributed by atoms with van der Waals surface area (Å²) >= 11 is 5.80. The van der Waals surface area contributed by atoms with Crippen molar-refractivity contribution in [3.63, 3.8) is 0 Å². The van der Waals surface area contributed by atoms with Gasteiger partial charge >= 0.3 is 6.03 Å². The van der Waals surface area contributed by atoms with E-state index in [0.29, 0.717) is 23.2 Å². The van der Waals surface area contributed by atoms with E-state index < -0.39 is 0 Å². The minimum absolute atomic E-state index is 0.0880. The number of hydrogen-bond donors (Lipinski definition) is 3. The molecule has 1 saturated heterocycles. The number of hydrogen-bond acceptors (Lipinski definition) is 3. The average Bonchev–Trinajstić information content (AvgIpc) is 3.16. The normalized spacial score (nSPS) is 16.0. The molecule has 3 N–H and O–H groups in total. The summed E-state index contributed by atoms with van der Waals surface area (Å²) in [6.45, 7) is 2.41. The highest BCUT2D eigenvalue weighted by molar-refractivity contribution is 6.30. The zero-order valence-electron chi connectivity index (χ0n) is 15.0. The minimum Gasteiger partial charge on any atom is -0.371 e. The van der Waals surface area contributed by atoms with Crippen LogP contribution < -0.4 is 20.9 Å². The third kappa shape index (κ3) is 5.89. The van der Waals surface area contributed by atoms with Crippen LogP contribution >= 0.6 is 11.6 Å². The first-order chi connectivity index (χ1) is 13.1. The molecule has 7 heteroatoms. The van der Waals surface area contributed by atoms with Crippen molar-refractivity contribution in [3.8, 4) is 0 Å². The molecule has 0 radical (unpaired) electrons. The molecular weight excluding hydrogens is 364 g/mol. The van der Waals surface area contributed by atoms with E-state index in [0.717, 1.165) is 19.5 Å². The Hall–Kier alpha value is -2.73. The van der Waals surface area contributed by atoms with Crippen molar-refractivity contribution in [1.82, 2.24) is 10.6 Å². The van der Waals surface area contributed by atoms with E-state index in [2.05, 4.69) is 33.0 Å². The highest BCUT2D eigenvalue weighted by atomic mass is 35.5. The lowest BCUT2D eigenvalue weighted by Gasteiger charge is -2.18. The Morgan fingerprint density at radius 3 is 2.52 bits per heavy atom. The number of halogens is 1. The summed E-state index contributed by atoms with van der Waals surface area (Å²) in [5.74, 6) is 0.113. The van der Waals surface area contributed by atoms with Gasteiger partial charge < -0.3 is 20.9 Å². The van der Waals surface area contributed by atoms with Gasteiger partial charge in [0.1, 0.15) is 0 Å². The molecule has 6 nitrogen and oxygen atoms in total. The van der Waals surface area contributed by atoms with Crippen LogP contribution in [-0.4, -0.2) is 38.1 Å². The summed E-state index contributed by atoms with van der Waals surface area (Å²) in [5.41, 5.74) is 1.85. The fourth-order valence-electron chi connectivity index (χ4n) is 3.07. The number of urea groups is 1. The molecule has 0 bridgehead atoms. The molecule has 2 aromatic carbocycles. The van der Waals surface area contributed by atoms with Crippen LogP contribution in [0.4, 0.5) is 16.2 Å². The van der Waals surface area contributed by atoms with Gasteiger partial charge in [0.2, 0.25) is 5.91 Å². The fourth-order valence-corrected chi connectivity index (χ4v) is 3.20. The summed E-state index contributed by atoms with van der Waals surface area (Å²) in [6.07, 6.45) is 1.03. The minimum atomic E-state index is -0.334. The SMILES string of the molecule is O=C(CNC(=O)NCC1CCN(c2ccccc2)C1)Nc1ccc(Cl)cc1. The second-order valence-corrected chi connectivity index (χ2v) is 6.99. The van der Waals surface area contributed by atoms with Crippen LogP contribution in [0.1, 0.15) is 6.42 Å². The molecule has 1 atom stereocenters. The van der Waals surface area contributed by atoms with Crippen LogP contribution in [0.15, 0.2) is 54.6 Å². The first kappa shape index (κ1) is 19.0. The van der Waals surface area contributed by atoms with Gasteiger partial charge in [-0.3, -0.25) is 4.79 Å². The smallest absolute Gasteiger partial charge is 0.315 e. The first-order valence-electron chi connectivity index (χ1n) is 8.97. The number of amides is 3. The summed E-state index contributed by atoms with van der Waals surface area (Å²) < 4.78 is 0. The lowest BCUT2D eigenvalue weighted by atomic mass is 10.1. The molecule has 1 aliphatic heterocycles.